The van der Waals surface area contributed by atoms with Crippen LogP contribution in [-0.2, 0) is 0 Å². The molecule has 0 atom stereocenters. The topological polar surface area (TPSA) is 94.3 Å². The third-order valence-corrected chi connectivity index (χ3v) is 5.51. The number of halogens is 1. The van der Waals surface area contributed by atoms with Gasteiger partial charge in [0.2, 0.25) is 5.91 Å². The van der Waals surface area contributed by atoms with Crippen LogP contribution in [0.5, 0.6) is 11.5 Å². The molecular formula is C24H18FN3O3S. The number of anilines is 1. The molecule has 0 aliphatic heterocycles. The highest BCUT2D eigenvalue weighted by atomic mass is 32.1. The predicted molar refractivity (Wildman–Crippen MR) is 122 cm³/mol. The molecule has 0 bridgehead atoms. The van der Waals surface area contributed by atoms with Crippen LogP contribution < -0.4 is 15.8 Å². The summed E-state index contributed by atoms with van der Waals surface area (Å²) in [6, 6.07) is 19.1. The second kappa shape index (κ2) is 8.99. The van der Waals surface area contributed by atoms with E-state index in [1.807, 2.05) is 6.92 Å². The summed E-state index contributed by atoms with van der Waals surface area (Å²) < 4.78 is 18.9. The van der Waals surface area contributed by atoms with Crippen LogP contribution in [0, 0.1) is 12.7 Å². The Hall–Kier alpha value is -4.04. The highest BCUT2D eigenvalue weighted by molar-refractivity contribution is 7.16. The molecule has 1 heterocycles. The van der Waals surface area contributed by atoms with Gasteiger partial charge < -0.3 is 10.5 Å². The fourth-order valence-corrected chi connectivity index (χ4v) is 3.82. The van der Waals surface area contributed by atoms with E-state index in [0.717, 1.165) is 10.4 Å². The van der Waals surface area contributed by atoms with Crippen molar-refractivity contribution in [1.82, 2.24) is 4.98 Å². The first-order valence-electron chi connectivity index (χ1n) is 9.61. The molecule has 4 rings (SSSR count). The molecule has 0 aliphatic carbocycles. The summed E-state index contributed by atoms with van der Waals surface area (Å²) in [7, 11) is 0. The van der Waals surface area contributed by atoms with Crippen LogP contribution in [0.3, 0.4) is 0 Å². The zero-order chi connectivity index (χ0) is 22.7. The van der Waals surface area contributed by atoms with E-state index < -0.39 is 5.91 Å². The zero-order valence-corrected chi connectivity index (χ0v) is 17.8. The molecule has 160 valence electrons. The first-order chi connectivity index (χ1) is 15.4. The lowest BCUT2D eigenvalue weighted by atomic mass is 10.1. The summed E-state index contributed by atoms with van der Waals surface area (Å²) in [6.45, 7) is 1.90. The van der Waals surface area contributed by atoms with Crippen molar-refractivity contribution in [3.63, 3.8) is 0 Å². The van der Waals surface area contributed by atoms with E-state index >= 15 is 0 Å². The molecule has 0 unspecified atom stereocenters. The zero-order valence-electron chi connectivity index (χ0n) is 17.0. The molecule has 3 aromatic carbocycles. The van der Waals surface area contributed by atoms with Gasteiger partial charge in [-0.3, -0.25) is 14.9 Å². The monoisotopic (exact) mass is 447 g/mol. The molecule has 0 fully saturated rings. The van der Waals surface area contributed by atoms with E-state index in [0.29, 0.717) is 33.5 Å². The maximum atomic E-state index is 13.2. The van der Waals surface area contributed by atoms with Crippen molar-refractivity contribution in [2.24, 2.45) is 5.73 Å². The van der Waals surface area contributed by atoms with E-state index in [-0.39, 0.29) is 11.7 Å². The van der Waals surface area contributed by atoms with Crippen LogP contribution in [0.2, 0.25) is 0 Å². The van der Waals surface area contributed by atoms with Gasteiger partial charge in [0.15, 0.2) is 5.13 Å². The summed E-state index contributed by atoms with van der Waals surface area (Å²) in [5.74, 6) is -0.0463. The summed E-state index contributed by atoms with van der Waals surface area (Å²) in [4.78, 5) is 29.1. The fourth-order valence-electron chi connectivity index (χ4n) is 2.99. The molecule has 0 aliphatic rings. The molecule has 1 aromatic heterocycles. The number of hydrogen-bond donors (Lipinski definition) is 2. The summed E-state index contributed by atoms with van der Waals surface area (Å²) in [6.07, 6.45) is 0. The largest absolute Gasteiger partial charge is 0.457 e. The van der Waals surface area contributed by atoms with Gasteiger partial charge in [-0.1, -0.05) is 0 Å². The van der Waals surface area contributed by atoms with E-state index in [9.17, 15) is 14.0 Å². The number of carbonyl (C=O) groups is 2. The summed E-state index contributed by atoms with van der Waals surface area (Å²) in [5.41, 5.74) is 7.55. The van der Waals surface area contributed by atoms with Crippen LogP contribution in [0.25, 0.3) is 11.3 Å². The van der Waals surface area contributed by atoms with Crippen LogP contribution in [-0.4, -0.2) is 16.8 Å². The molecule has 6 nitrogen and oxygen atoms in total. The third-order valence-electron chi connectivity index (χ3n) is 4.63. The van der Waals surface area contributed by atoms with Gasteiger partial charge in [0, 0.05) is 21.6 Å². The molecular weight excluding hydrogens is 429 g/mol. The van der Waals surface area contributed by atoms with Crippen LogP contribution in [0.4, 0.5) is 9.52 Å². The number of aryl methyl sites for hydroxylation is 1. The Balaban J connectivity index is 1.42. The molecule has 32 heavy (non-hydrogen) atoms. The van der Waals surface area contributed by atoms with Crippen molar-refractivity contribution in [3.05, 3.63) is 94.6 Å². The number of nitrogens with two attached hydrogens (primary N) is 1. The molecule has 0 spiro atoms. The Labute approximate surface area is 187 Å². The summed E-state index contributed by atoms with van der Waals surface area (Å²) in [5, 5.41) is 3.26. The normalized spacial score (nSPS) is 10.6. The highest BCUT2D eigenvalue weighted by Gasteiger charge is 2.14. The number of primary amides is 1. The molecule has 0 saturated carbocycles. The van der Waals surface area contributed by atoms with Gasteiger partial charge in [-0.15, -0.1) is 11.3 Å². The number of hydrogen-bond acceptors (Lipinski definition) is 5. The number of nitrogens with one attached hydrogen (secondary N) is 1. The van der Waals surface area contributed by atoms with Crippen molar-refractivity contribution < 1.29 is 18.7 Å². The van der Waals surface area contributed by atoms with Gasteiger partial charge in [0.25, 0.3) is 5.91 Å². The lowest BCUT2D eigenvalue weighted by Gasteiger charge is -2.07. The highest BCUT2D eigenvalue weighted by Crippen LogP contribution is 2.31. The Morgan fingerprint density at radius 1 is 0.906 bits per heavy atom. The smallest absolute Gasteiger partial charge is 0.257 e. The first-order valence-corrected chi connectivity index (χ1v) is 10.4. The second-order valence-electron chi connectivity index (χ2n) is 6.90. The molecule has 3 N–H and O–H groups in total. The number of ether oxygens (including phenoxy) is 1. The molecule has 2 amide bonds. The quantitative estimate of drug-likeness (QED) is 0.414. The molecule has 0 radical (unpaired) electrons. The van der Waals surface area contributed by atoms with Crippen LogP contribution in [0.15, 0.2) is 72.8 Å². The number of thiazole rings is 1. The van der Waals surface area contributed by atoms with Crippen molar-refractivity contribution in [2.75, 3.05) is 5.32 Å². The molecule has 0 saturated heterocycles. The van der Waals surface area contributed by atoms with Crippen LogP contribution >= 0.6 is 11.3 Å². The minimum absolute atomic E-state index is 0.304. The van der Waals surface area contributed by atoms with Crippen molar-refractivity contribution in [2.45, 2.75) is 6.92 Å². The van der Waals surface area contributed by atoms with Crippen molar-refractivity contribution in [1.29, 1.82) is 0 Å². The van der Waals surface area contributed by atoms with E-state index in [2.05, 4.69) is 10.3 Å². The number of benzene rings is 3. The second-order valence-corrected chi connectivity index (χ2v) is 8.10. The average molecular weight is 447 g/mol. The fraction of sp³-hybridized carbons (Fsp3) is 0.0417. The van der Waals surface area contributed by atoms with Crippen molar-refractivity contribution >= 4 is 28.3 Å². The van der Waals surface area contributed by atoms with E-state index in [4.69, 9.17) is 10.5 Å². The van der Waals surface area contributed by atoms with Gasteiger partial charge in [-0.2, -0.15) is 0 Å². The molecule has 4 aromatic rings. The minimum Gasteiger partial charge on any atom is -0.457 e. The summed E-state index contributed by atoms with van der Waals surface area (Å²) >= 11 is 1.35. The Bertz CT molecular complexity index is 1270. The lowest BCUT2D eigenvalue weighted by Crippen LogP contribution is -2.11. The Morgan fingerprint density at radius 3 is 2.03 bits per heavy atom. The Kier molecular flexibility index (Phi) is 5.96. The number of rotatable bonds is 6. The number of nitrogens with zero attached hydrogens (tertiary/aromatic N) is 1. The first kappa shape index (κ1) is 21.2. The van der Waals surface area contributed by atoms with Gasteiger partial charge in [0.05, 0.1) is 5.69 Å². The number of carbonyl (C=O) groups excluding carboxylic acids is 2. The van der Waals surface area contributed by atoms with E-state index in [1.54, 1.807) is 60.7 Å². The third kappa shape index (κ3) is 4.81. The maximum absolute atomic E-state index is 13.2. The standard InChI is InChI=1S/C24H18FN3O3S/c1-14-21(15-2-8-18(25)9-3-15)27-24(32-14)28-23(30)17-6-12-20(13-7-17)31-19-10-4-16(5-11-19)22(26)29/h2-13H,1H3,(H2,26,29)(H,27,28,30). The van der Waals surface area contributed by atoms with Gasteiger partial charge >= 0.3 is 0 Å². The van der Waals surface area contributed by atoms with E-state index in [1.165, 1.54) is 23.5 Å². The van der Waals surface area contributed by atoms with Gasteiger partial charge in [-0.25, -0.2) is 9.37 Å². The maximum Gasteiger partial charge on any atom is 0.257 e. The van der Waals surface area contributed by atoms with Crippen LogP contribution in [0.1, 0.15) is 25.6 Å². The SMILES string of the molecule is Cc1sc(NC(=O)c2ccc(Oc3ccc(C(N)=O)cc3)cc2)nc1-c1ccc(F)cc1. The van der Waals surface area contributed by atoms with Crippen molar-refractivity contribution in [3.8, 4) is 22.8 Å². The van der Waals surface area contributed by atoms with Gasteiger partial charge in [0.1, 0.15) is 17.3 Å². The lowest BCUT2D eigenvalue weighted by molar-refractivity contribution is 0.0997. The number of amides is 2. The average Bonchev–Trinajstić information content (AvgIpc) is 3.15. The predicted octanol–water partition coefficient (Wildman–Crippen LogP) is 5.40. The Morgan fingerprint density at radius 2 is 1.47 bits per heavy atom. The number of aromatic nitrogens is 1. The van der Waals surface area contributed by atoms with Gasteiger partial charge in [-0.05, 0) is 79.7 Å². The molecule has 8 heteroatoms. The minimum atomic E-state index is -0.507.